The molecule has 0 spiro atoms. The summed E-state index contributed by atoms with van der Waals surface area (Å²) >= 11 is 0. The van der Waals surface area contributed by atoms with E-state index >= 15 is 0 Å². The van der Waals surface area contributed by atoms with Gasteiger partial charge >= 0.3 is 0 Å². The molecule has 0 amide bonds. The van der Waals surface area contributed by atoms with Crippen LogP contribution in [0.3, 0.4) is 0 Å². The number of likely N-dealkylation sites (tertiary alicyclic amines) is 1. The number of rotatable bonds is 5. The maximum Gasteiger partial charge on any atom is 0.276 e. The monoisotopic (exact) mass is 290 g/mol. The number of hydrogen-bond donors (Lipinski definition) is 1. The number of nitrogens with two attached hydrogens (primary N) is 1. The van der Waals surface area contributed by atoms with Gasteiger partial charge in [0.2, 0.25) is 0 Å². The van der Waals surface area contributed by atoms with Gasteiger partial charge in [0.1, 0.15) is 5.69 Å². The average molecular weight is 290 g/mol. The van der Waals surface area contributed by atoms with Gasteiger partial charge in [-0.25, -0.2) is 0 Å². The third kappa shape index (κ3) is 2.98. The Kier molecular flexibility index (Phi) is 4.03. The van der Waals surface area contributed by atoms with Crippen molar-refractivity contribution in [1.82, 2.24) is 24.8 Å². The van der Waals surface area contributed by atoms with E-state index in [-0.39, 0.29) is 6.04 Å². The number of nitrogens with zero attached hydrogens (tertiary/aromatic N) is 5. The van der Waals surface area contributed by atoms with Crippen LogP contribution in [0.15, 0.2) is 10.6 Å². The van der Waals surface area contributed by atoms with E-state index in [1.807, 2.05) is 24.6 Å². The summed E-state index contributed by atoms with van der Waals surface area (Å²) in [7, 11) is 0. The first-order valence-corrected chi connectivity index (χ1v) is 7.53. The number of aromatic nitrogens is 4. The highest BCUT2D eigenvalue weighted by atomic mass is 16.5. The lowest BCUT2D eigenvalue weighted by molar-refractivity contribution is 0.306. The quantitative estimate of drug-likeness (QED) is 0.894. The predicted octanol–water partition coefficient (Wildman–Crippen LogP) is 1.36. The molecule has 1 saturated heterocycles. The van der Waals surface area contributed by atoms with Crippen molar-refractivity contribution < 1.29 is 4.52 Å². The second-order valence-electron chi connectivity index (χ2n) is 5.56. The molecule has 0 bridgehead atoms. The fourth-order valence-corrected chi connectivity index (χ4v) is 2.77. The standard InChI is InChI=1S/C14H22N6O/c1-3-20-12(8-10(2)17-20)14-16-13(18-21-14)11(15)9-19-6-4-5-7-19/h8,11H,3-7,9,15H2,1-2H3. The molecule has 1 unspecified atom stereocenters. The first-order chi connectivity index (χ1) is 10.2. The zero-order valence-corrected chi connectivity index (χ0v) is 12.6. The Balaban J connectivity index is 1.75. The van der Waals surface area contributed by atoms with E-state index in [4.69, 9.17) is 10.3 Å². The van der Waals surface area contributed by atoms with Crippen LogP contribution in [0.4, 0.5) is 0 Å². The average Bonchev–Trinajstić information content (AvgIpc) is 3.17. The maximum atomic E-state index is 6.19. The van der Waals surface area contributed by atoms with Crippen LogP contribution in [0.25, 0.3) is 11.6 Å². The van der Waals surface area contributed by atoms with Crippen molar-refractivity contribution in [3.63, 3.8) is 0 Å². The molecule has 0 radical (unpaired) electrons. The molecule has 2 N–H and O–H groups in total. The lowest BCUT2D eigenvalue weighted by Gasteiger charge is -2.17. The van der Waals surface area contributed by atoms with E-state index in [1.165, 1.54) is 12.8 Å². The highest BCUT2D eigenvalue weighted by Gasteiger charge is 2.21. The first-order valence-electron chi connectivity index (χ1n) is 7.53. The topological polar surface area (TPSA) is 86.0 Å². The van der Waals surface area contributed by atoms with Gasteiger partial charge in [0.25, 0.3) is 5.89 Å². The van der Waals surface area contributed by atoms with Crippen molar-refractivity contribution in [3.8, 4) is 11.6 Å². The molecular formula is C14H22N6O. The molecule has 2 aromatic heterocycles. The summed E-state index contributed by atoms with van der Waals surface area (Å²) in [6, 6.07) is 1.74. The van der Waals surface area contributed by atoms with Crippen molar-refractivity contribution in [2.75, 3.05) is 19.6 Å². The minimum absolute atomic E-state index is 0.209. The van der Waals surface area contributed by atoms with Crippen molar-refractivity contribution in [2.24, 2.45) is 5.73 Å². The number of hydrogen-bond acceptors (Lipinski definition) is 6. The largest absolute Gasteiger partial charge is 0.332 e. The van der Waals surface area contributed by atoms with Crippen LogP contribution in [0.1, 0.15) is 37.3 Å². The molecule has 0 saturated carbocycles. The van der Waals surface area contributed by atoms with Crippen LogP contribution >= 0.6 is 0 Å². The Morgan fingerprint density at radius 3 is 2.86 bits per heavy atom. The van der Waals surface area contributed by atoms with Gasteiger partial charge in [0.05, 0.1) is 11.7 Å². The van der Waals surface area contributed by atoms with E-state index < -0.39 is 0 Å². The van der Waals surface area contributed by atoms with Gasteiger partial charge in [0.15, 0.2) is 5.82 Å². The Morgan fingerprint density at radius 1 is 1.38 bits per heavy atom. The van der Waals surface area contributed by atoms with Crippen LogP contribution in [-0.2, 0) is 6.54 Å². The van der Waals surface area contributed by atoms with E-state index in [9.17, 15) is 0 Å². The van der Waals surface area contributed by atoms with Crippen LogP contribution in [0.2, 0.25) is 0 Å². The zero-order chi connectivity index (χ0) is 14.8. The van der Waals surface area contributed by atoms with Gasteiger partial charge < -0.3 is 15.2 Å². The fourth-order valence-electron chi connectivity index (χ4n) is 2.77. The Labute approximate surface area is 124 Å². The molecule has 7 nitrogen and oxygen atoms in total. The molecule has 114 valence electrons. The molecule has 0 aromatic carbocycles. The molecule has 2 aromatic rings. The summed E-state index contributed by atoms with van der Waals surface area (Å²) in [5, 5.41) is 8.43. The molecule has 0 aliphatic carbocycles. The van der Waals surface area contributed by atoms with Crippen molar-refractivity contribution in [3.05, 3.63) is 17.6 Å². The summed E-state index contributed by atoms with van der Waals surface area (Å²) in [5.41, 5.74) is 7.98. The molecule has 1 aliphatic rings. The van der Waals surface area contributed by atoms with Gasteiger partial charge in [-0.05, 0) is 45.8 Å². The van der Waals surface area contributed by atoms with Crippen LogP contribution in [0.5, 0.6) is 0 Å². The van der Waals surface area contributed by atoms with Gasteiger partial charge in [-0.15, -0.1) is 0 Å². The first kappa shape index (κ1) is 14.2. The third-order valence-corrected chi connectivity index (χ3v) is 3.85. The summed E-state index contributed by atoms with van der Waals surface area (Å²) < 4.78 is 7.23. The van der Waals surface area contributed by atoms with Crippen LogP contribution in [-0.4, -0.2) is 44.5 Å². The highest BCUT2D eigenvalue weighted by molar-refractivity contribution is 5.47. The van der Waals surface area contributed by atoms with Crippen molar-refractivity contribution in [2.45, 2.75) is 39.3 Å². The lowest BCUT2D eigenvalue weighted by atomic mass is 10.3. The molecule has 21 heavy (non-hydrogen) atoms. The van der Waals surface area contributed by atoms with Crippen LogP contribution < -0.4 is 5.73 Å². The second-order valence-corrected chi connectivity index (χ2v) is 5.56. The lowest BCUT2D eigenvalue weighted by Crippen LogP contribution is -2.30. The molecular weight excluding hydrogens is 268 g/mol. The molecule has 3 heterocycles. The SMILES string of the molecule is CCn1nc(C)cc1-c1nc(C(N)CN2CCCC2)no1. The van der Waals surface area contributed by atoms with E-state index in [0.29, 0.717) is 11.7 Å². The summed E-state index contributed by atoms with van der Waals surface area (Å²) in [5.74, 6) is 1.06. The maximum absolute atomic E-state index is 6.19. The highest BCUT2D eigenvalue weighted by Crippen LogP contribution is 2.21. The van der Waals surface area contributed by atoms with E-state index in [2.05, 4.69) is 20.1 Å². The fraction of sp³-hybridized carbons (Fsp3) is 0.643. The predicted molar refractivity (Wildman–Crippen MR) is 78.5 cm³/mol. The summed E-state index contributed by atoms with van der Waals surface area (Å²) in [6.45, 7) is 7.75. The Bertz CT molecular complexity index is 598. The zero-order valence-electron chi connectivity index (χ0n) is 12.6. The molecule has 1 atom stereocenters. The van der Waals surface area contributed by atoms with E-state index in [1.54, 1.807) is 0 Å². The smallest absolute Gasteiger partial charge is 0.276 e. The minimum Gasteiger partial charge on any atom is -0.332 e. The van der Waals surface area contributed by atoms with E-state index in [0.717, 1.165) is 37.6 Å². The molecule has 1 fully saturated rings. The second kappa shape index (κ2) is 5.95. The third-order valence-electron chi connectivity index (χ3n) is 3.85. The summed E-state index contributed by atoms with van der Waals surface area (Å²) in [6.07, 6.45) is 2.50. The van der Waals surface area contributed by atoms with Gasteiger partial charge in [-0.3, -0.25) is 4.68 Å². The Hall–Kier alpha value is -1.73. The molecule has 7 heteroatoms. The Morgan fingerprint density at radius 2 is 2.14 bits per heavy atom. The van der Waals surface area contributed by atoms with Gasteiger partial charge in [0, 0.05) is 13.1 Å². The summed E-state index contributed by atoms with van der Waals surface area (Å²) in [4.78, 5) is 6.80. The van der Waals surface area contributed by atoms with Gasteiger partial charge in [-0.1, -0.05) is 5.16 Å². The van der Waals surface area contributed by atoms with Crippen LogP contribution in [0, 0.1) is 6.92 Å². The number of aryl methyl sites for hydroxylation is 2. The normalized spacial score (nSPS) is 17.5. The molecule has 3 rings (SSSR count). The molecule has 1 aliphatic heterocycles. The van der Waals surface area contributed by atoms with Gasteiger partial charge in [-0.2, -0.15) is 10.1 Å². The van der Waals surface area contributed by atoms with Crippen molar-refractivity contribution >= 4 is 0 Å². The van der Waals surface area contributed by atoms with Crippen molar-refractivity contribution in [1.29, 1.82) is 0 Å². The minimum atomic E-state index is -0.209.